The van der Waals surface area contributed by atoms with Gasteiger partial charge in [0.25, 0.3) is 5.89 Å². The van der Waals surface area contributed by atoms with Crippen molar-refractivity contribution in [3.63, 3.8) is 0 Å². The maximum absolute atomic E-state index is 12.8. The van der Waals surface area contributed by atoms with Gasteiger partial charge in [0.15, 0.2) is 11.9 Å². The fraction of sp³-hybridized carbons (Fsp3) is 0.500. The van der Waals surface area contributed by atoms with Crippen LogP contribution < -0.4 is 0 Å². The van der Waals surface area contributed by atoms with Gasteiger partial charge in [-0.15, -0.1) is 0 Å². The Hall–Kier alpha value is -1.77. The molecule has 0 saturated carbocycles. The van der Waals surface area contributed by atoms with Gasteiger partial charge >= 0.3 is 0 Å². The van der Waals surface area contributed by atoms with Crippen molar-refractivity contribution in [1.82, 2.24) is 14.4 Å². The summed E-state index contributed by atoms with van der Waals surface area (Å²) in [6.07, 6.45) is -0.787. The van der Waals surface area contributed by atoms with Crippen LogP contribution in [0.25, 0.3) is 0 Å². The van der Waals surface area contributed by atoms with Gasteiger partial charge in [0, 0.05) is 13.1 Å². The van der Waals surface area contributed by atoms with Crippen molar-refractivity contribution in [2.75, 3.05) is 13.1 Å². The van der Waals surface area contributed by atoms with E-state index in [2.05, 4.69) is 10.1 Å². The Morgan fingerprint density at radius 3 is 2.75 bits per heavy atom. The second kappa shape index (κ2) is 6.62. The zero-order valence-corrected chi connectivity index (χ0v) is 14.8. The fourth-order valence-electron chi connectivity index (χ4n) is 2.82. The minimum absolute atomic E-state index is 0.0308. The maximum Gasteiger partial charge on any atom is 0.257 e. The van der Waals surface area contributed by atoms with Crippen LogP contribution in [-0.4, -0.2) is 42.1 Å². The highest BCUT2D eigenvalue weighted by Gasteiger charge is 2.36. The molecule has 24 heavy (non-hydrogen) atoms. The Bertz CT molecular complexity index is 818. The molecule has 0 N–H and O–H groups in total. The van der Waals surface area contributed by atoms with Crippen LogP contribution in [0.3, 0.4) is 0 Å². The summed E-state index contributed by atoms with van der Waals surface area (Å²) >= 11 is 0. The molecule has 0 spiro atoms. The Balaban J connectivity index is 1.79. The van der Waals surface area contributed by atoms with E-state index in [1.54, 1.807) is 6.92 Å². The van der Waals surface area contributed by atoms with Gasteiger partial charge in [0.05, 0.1) is 11.9 Å². The van der Waals surface area contributed by atoms with Crippen LogP contribution in [0.15, 0.2) is 28.8 Å². The van der Waals surface area contributed by atoms with Gasteiger partial charge in [-0.25, -0.2) is 8.42 Å². The summed E-state index contributed by atoms with van der Waals surface area (Å²) < 4.78 is 38.0. The zero-order valence-electron chi connectivity index (χ0n) is 14.0. The van der Waals surface area contributed by atoms with Crippen molar-refractivity contribution in [3.05, 3.63) is 47.1 Å². The molecule has 2 atom stereocenters. The van der Waals surface area contributed by atoms with Crippen LogP contribution >= 0.6 is 0 Å². The van der Waals surface area contributed by atoms with Gasteiger partial charge in [-0.2, -0.15) is 9.29 Å². The molecule has 8 heteroatoms. The highest BCUT2D eigenvalue weighted by Crippen LogP contribution is 2.27. The molecule has 1 saturated heterocycles. The molecule has 1 fully saturated rings. The molecule has 2 aromatic rings. The monoisotopic (exact) mass is 351 g/mol. The Morgan fingerprint density at radius 2 is 2.08 bits per heavy atom. The molecule has 0 aliphatic carbocycles. The van der Waals surface area contributed by atoms with Crippen molar-refractivity contribution in [1.29, 1.82) is 0 Å². The highest BCUT2D eigenvalue weighted by atomic mass is 32.2. The molecule has 7 nitrogen and oxygen atoms in total. The predicted molar refractivity (Wildman–Crippen MR) is 87.7 cm³/mol. The fourth-order valence-corrected chi connectivity index (χ4v) is 4.41. The first-order valence-corrected chi connectivity index (χ1v) is 9.43. The molecular weight excluding hydrogens is 330 g/mol. The van der Waals surface area contributed by atoms with Crippen molar-refractivity contribution in [3.8, 4) is 0 Å². The quantitative estimate of drug-likeness (QED) is 0.837. The van der Waals surface area contributed by atoms with Gasteiger partial charge in [-0.3, -0.25) is 0 Å². The lowest BCUT2D eigenvalue weighted by Crippen LogP contribution is -2.46. The van der Waals surface area contributed by atoms with Crippen molar-refractivity contribution < 1.29 is 17.7 Å². The first-order chi connectivity index (χ1) is 11.3. The van der Waals surface area contributed by atoms with Gasteiger partial charge in [0.1, 0.15) is 0 Å². The van der Waals surface area contributed by atoms with E-state index in [0.29, 0.717) is 18.3 Å². The van der Waals surface area contributed by atoms with Crippen LogP contribution in [0, 0.1) is 13.8 Å². The van der Waals surface area contributed by atoms with Gasteiger partial charge in [-0.05, 0) is 26.3 Å². The summed E-state index contributed by atoms with van der Waals surface area (Å²) in [6, 6.07) is 7.53. The van der Waals surface area contributed by atoms with Crippen LogP contribution in [0.4, 0.5) is 0 Å². The molecule has 1 aromatic heterocycles. The number of hydrogen-bond acceptors (Lipinski definition) is 6. The van der Waals surface area contributed by atoms with Crippen LogP contribution in [0.1, 0.15) is 35.9 Å². The molecule has 2 heterocycles. The Labute approximate surface area is 141 Å². The summed E-state index contributed by atoms with van der Waals surface area (Å²) in [5.74, 6) is 0.785. The molecule has 1 aromatic carbocycles. The largest absolute Gasteiger partial charge is 0.363 e. The standard InChI is InChI=1S/C16H21N3O4S/c1-11-5-4-6-14(7-11)10-24(20,21)19-8-12(2)22-15(9-19)16-17-13(3)18-23-16/h4-7,12,15H,8-10H2,1-3H3/t12-,15-/m1/s1. The minimum atomic E-state index is -3.46. The molecule has 0 bridgehead atoms. The number of hydrogen-bond donors (Lipinski definition) is 0. The summed E-state index contributed by atoms with van der Waals surface area (Å²) in [7, 11) is -3.46. The van der Waals surface area contributed by atoms with Gasteiger partial charge < -0.3 is 9.26 Å². The average Bonchev–Trinajstić information content (AvgIpc) is 2.93. The number of aryl methyl sites for hydroxylation is 2. The molecule has 3 rings (SSSR count). The third kappa shape index (κ3) is 3.82. The van der Waals surface area contributed by atoms with E-state index in [1.807, 2.05) is 38.1 Å². The van der Waals surface area contributed by atoms with E-state index in [-0.39, 0.29) is 18.4 Å². The van der Waals surface area contributed by atoms with Crippen molar-refractivity contribution in [2.45, 2.75) is 38.7 Å². The second-order valence-electron chi connectivity index (χ2n) is 6.18. The summed E-state index contributed by atoms with van der Waals surface area (Å²) in [6.45, 7) is 5.99. The lowest BCUT2D eigenvalue weighted by atomic mass is 10.2. The number of rotatable bonds is 4. The normalized spacial score (nSPS) is 22.6. The second-order valence-corrected chi connectivity index (χ2v) is 8.15. The van der Waals surface area contributed by atoms with Gasteiger partial charge in [-0.1, -0.05) is 35.0 Å². The summed E-state index contributed by atoms with van der Waals surface area (Å²) in [5.41, 5.74) is 1.82. The first-order valence-electron chi connectivity index (χ1n) is 7.82. The Kier molecular flexibility index (Phi) is 4.71. The molecular formula is C16H21N3O4S. The number of aromatic nitrogens is 2. The topological polar surface area (TPSA) is 85.5 Å². The van der Waals surface area contributed by atoms with E-state index in [9.17, 15) is 8.42 Å². The van der Waals surface area contributed by atoms with E-state index in [4.69, 9.17) is 9.26 Å². The number of sulfonamides is 1. The first kappa shape index (κ1) is 17.1. The highest BCUT2D eigenvalue weighted by molar-refractivity contribution is 7.88. The number of nitrogens with zero attached hydrogens (tertiary/aromatic N) is 3. The third-order valence-corrected chi connectivity index (χ3v) is 5.65. The van der Waals surface area contributed by atoms with Crippen LogP contribution in [0.5, 0.6) is 0 Å². The number of benzene rings is 1. The predicted octanol–water partition coefficient (Wildman–Crippen LogP) is 1.98. The Morgan fingerprint density at radius 1 is 1.29 bits per heavy atom. The molecule has 0 amide bonds. The lowest BCUT2D eigenvalue weighted by Gasteiger charge is -2.34. The molecule has 1 aliphatic heterocycles. The van der Waals surface area contributed by atoms with E-state index in [1.165, 1.54) is 4.31 Å². The van der Waals surface area contributed by atoms with Crippen LogP contribution in [0.2, 0.25) is 0 Å². The maximum atomic E-state index is 12.8. The SMILES string of the molecule is Cc1cccc(CS(=O)(=O)N2C[C@@H](C)O[C@@H](c3nc(C)no3)C2)c1. The van der Waals surface area contributed by atoms with Crippen LogP contribution in [-0.2, 0) is 20.5 Å². The average molecular weight is 351 g/mol. The number of morpholine rings is 1. The van der Waals surface area contributed by atoms with Gasteiger partial charge in [0.2, 0.25) is 10.0 Å². The van der Waals surface area contributed by atoms with E-state index < -0.39 is 16.1 Å². The summed E-state index contributed by atoms with van der Waals surface area (Å²) in [5, 5.41) is 3.75. The zero-order chi connectivity index (χ0) is 17.3. The van der Waals surface area contributed by atoms with E-state index in [0.717, 1.165) is 11.1 Å². The molecule has 130 valence electrons. The summed E-state index contributed by atoms with van der Waals surface area (Å²) in [4.78, 5) is 4.16. The van der Waals surface area contributed by atoms with Crippen molar-refractivity contribution in [2.24, 2.45) is 0 Å². The lowest BCUT2D eigenvalue weighted by molar-refractivity contribution is -0.0691. The minimum Gasteiger partial charge on any atom is -0.363 e. The molecule has 0 unspecified atom stereocenters. The smallest absolute Gasteiger partial charge is 0.257 e. The third-order valence-electron chi connectivity index (χ3n) is 3.87. The van der Waals surface area contributed by atoms with Crippen molar-refractivity contribution >= 4 is 10.0 Å². The molecule has 0 radical (unpaired) electrons. The number of ether oxygens (including phenoxy) is 1. The molecule has 1 aliphatic rings. The van der Waals surface area contributed by atoms with E-state index >= 15 is 0 Å².